The summed E-state index contributed by atoms with van der Waals surface area (Å²) in [7, 11) is 5.26. The number of ether oxygens (including phenoxy) is 1. The molecule has 5 atom stereocenters. The Kier molecular flexibility index (Phi) is 4.60. The highest BCUT2D eigenvalue weighted by Crippen LogP contribution is 2.31. The minimum Gasteiger partial charge on any atom is -0.390 e. The van der Waals surface area contributed by atoms with E-state index in [1.54, 1.807) is 0 Å². The van der Waals surface area contributed by atoms with Crippen LogP contribution in [-0.2, 0) is 9.26 Å². The molecule has 0 aromatic carbocycles. The van der Waals surface area contributed by atoms with Gasteiger partial charge >= 0.3 is 0 Å². The van der Waals surface area contributed by atoms with Gasteiger partial charge in [0.1, 0.15) is 20.1 Å². The second-order valence-corrected chi connectivity index (χ2v) is 3.72. The molecule has 0 amide bonds. The van der Waals surface area contributed by atoms with E-state index in [2.05, 4.69) is 0 Å². The van der Waals surface area contributed by atoms with Gasteiger partial charge in [0.05, 0.1) is 18.5 Å². The number of hydrogen-bond acceptors (Lipinski definition) is 3. The molecule has 0 bridgehead atoms. The smallest absolute Gasteiger partial charge is 0.146 e. The van der Waals surface area contributed by atoms with E-state index in [4.69, 9.17) is 22.2 Å². The largest absolute Gasteiger partial charge is 0.390 e. The first kappa shape index (κ1) is 11.4. The highest BCUT2D eigenvalue weighted by atomic mass is 31.1. The number of halogens is 1. The summed E-state index contributed by atoms with van der Waals surface area (Å²) >= 11 is 0. The summed E-state index contributed by atoms with van der Waals surface area (Å²) in [4.78, 5) is 0. The van der Waals surface area contributed by atoms with Crippen molar-refractivity contribution in [2.24, 2.45) is 0 Å². The molecule has 0 saturated carbocycles. The zero-order chi connectivity index (χ0) is 9.84. The second-order valence-electron chi connectivity index (χ2n) is 2.88. The Bertz CT molecular complexity index is 163. The van der Waals surface area contributed by atoms with Crippen molar-refractivity contribution in [3.05, 3.63) is 0 Å². The number of alkyl halides is 1. The third kappa shape index (κ3) is 2.63. The van der Waals surface area contributed by atoms with Gasteiger partial charge in [0, 0.05) is 8.81 Å². The summed E-state index contributed by atoms with van der Waals surface area (Å²) < 4.78 is 23.6. The van der Waals surface area contributed by atoms with Gasteiger partial charge in [0.2, 0.25) is 0 Å². The van der Waals surface area contributed by atoms with Crippen LogP contribution in [0.5, 0.6) is 0 Å². The minimum atomic E-state index is -1.29. The van der Waals surface area contributed by atoms with Gasteiger partial charge in [-0.3, -0.25) is 0 Å². The molecule has 1 aliphatic rings. The molecule has 2 radical (unpaired) electrons. The van der Waals surface area contributed by atoms with Gasteiger partial charge in [-0.15, -0.1) is 0 Å². The van der Waals surface area contributed by atoms with Gasteiger partial charge in [-0.2, -0.15) is 0 Å². The molecule has 1 saturated heterocycles. The van der Waals surface area contributed by atoms with E-state index in [0.717, 1.165) is 0 Å². The van der Waals surface area contributed by atoms with Crippen LogP contribution < -0.4 is 0 Å². The summed E-state index contributed by atoms with van der Waals surface area (Å²) in [6.45, 7) is 1.88. The molecular formula is C7H13BFO3P. The second kappa shape index (κ2) is 5.25. The maximum absolute atomic E-state index is 13.3. The summed E-state index contributed by atoms with van der Waals surface area (Å²) in [5.74, 6) is 0. The lowest BCUT2D eigenvalue weighted by molar-refractivity contribution is 0.0442. The molecule has 6 heteroatoms. The van der Waals surface area contributed by atoms with E-state index in [1.165, 1.54) is 0 Å². The first-order valence-electron chi connectivity index (χ1n) is 4.25. The third-order valence-corrected chi connectivity index (χ3v) is 2.58. The van der Waals surface area contributed by atoms with Gasteiger partial charge in [-0.1, -0.05) is 6.92 Å². The Labute approximate surface area is 80.3 Å². The molecular weight excluding hydrogens is 193 g/mol. The Hall–Kier alpha value is 0.305. The van der Waals surface area contributed by atoms with Crippen LogP contribution in [0, 0.1) is 0 Å². The van der Waals surface area contributed by atoms with E-state index in [9.17, 15) is 4.39 Å². The molecule has 13 heavy (non-hydrogen) atoms. The predicted octanol–water partition coefficient (Wildman–Crippen LogP) is 0.556. The number of aliphatic hydroxyl groups is 1. The lowest BCUT2D eigenvalue weighted by atomic mass is 9.94. The highest BCUT2D eigenvalue weighted by molar-refractivity contribution is 7.31. The van der Waals surface area contributed by atoms with Crippen molar-refractivity contribution in [2.75, 3.05) is 6.35 Å². The van der Waals surface area contributed by atoms with Crippen molar-refractivity contribution in [1.29, 1.82) is 0 Å². The van der Waals surface area contributed by atoms with Crippen LogP contribution in [-0.4, -0.2) is 43.7 Å². The maximum atomic E-state index is 13.3. The van der Waals surface area contributed by atoms with Crippen molar-refractivity contribution in [3.8, 4) is 0 Å². The van der Waals surface area contributed by atoms with Crippen LogP contribution in [0.1, 0.15) is 13.3 Å². The molecule has 3 nitrogen and oxygen atoms in total. The minimum absolute atomic E-state index is 0.0884. The van der Waals surface area contributed by atoms with Crippen molar-refractivity contribution < 1.29 is 18.8 Å². The molecule has 74 valence electrons. The van der Waals surface area contributed by atoms with Gasteiger partial charge < -0.3 is 14.4 Å². The summed E-state index contributed by atoms with van der Waals surface area (Å²) in [6, 6.07) is -0.890. The molecule has 1 aliphatic heterocycles. The van der Waals surface area contributed by atoms with Crippen LogP contribution in [0.2, 0.25) is 0 Å². The lowest BCUT2D eigenvalue weighted by Gasteiger charge is -2.17. The van der Waals surface area contributed by atoms with Crippen LogP contribution >= 0.6 is 8.81 Å². The molecule has 1 rings (SSSR count). The zero-order valence-corrected chi connectivity index (χ0v) is 8.44. The van der Waals surface area contributed by atoms with Crippen LogP contribution in [0.25, 0.3) is 0 Å². The average molecular weight is 206 g/mol. The number of rotatable bonds is 4. The van der Waals surface area contributed by atoms with E-state index in [-0.39, 0.29) is 21.3 Å². The fourth-order valence-electron chi connectivity index (χ4n) is 1.35. The topological polar surface area (TPSA) is 38.7 Å². The van der Waals surface area contributed by atoms with Gasteiger partial charge in [0.25, 0.3) is 0 Å². The fourth-order valence-corrected chi connectivity index (χ4v) is 1.90. The van der Waals surface area contributed by atoms with Crippen LogP contribution in [0.4, 0.5) is 4.39 Å². The fraction of sp³-hybridized carbons (Fsp3) is 1.00. The van der Waals surface area contributed by atoms with Crippen molar-refractivity contribution in [1.82, 2.24) is 0 Å². The predicted molar refractivity (Wildman–Crippen MR) is 49.9 cm³/mol. The zero-order valence-electron chi connectivity index (χ0n) is 7.44. The van der Waals surface area contributed by atoms with Crippen molar-refractivity contribution in [2.45, 2.75) is 37.7 Å². The van der Waals surface area contributed by atoms with Crippen molar-refractivity contribution >= 4 is 16.7 Å². The summed E-state index contributed by atoms with van der Waals surface area (Å²) in [6.07, 6.45) is -1.62. The summed E-state index contributed by atoms with van der Waals surface area (Å²) in [5.41, 5.74) is 0. The Morgan fingerprint density at radius 1 is 1.69 bits per heavy atom. The van der Waals surface area contributed by atoms with Crippen molar-refractivity contribution in [3.63, 3.8) is 0 Å². The molecule has 0 aromatic rings. The standard InChI is InChI=1S/C7H13BFO3P/c1-2-4-6(12-13-3-10)5(9)7(8)11-4/h4-7,10,13H,2-3H2,1H3/t4-,5+,6?,7-/m1/s1. The maximum Gasteiger partial charge on any atom is 0.146 e. The summed E-state index contributed by atoms with van der Waals surface area (Å²) in [5, 5.41) is 8.53. The molecule has 1 N–H and O–H groups in total. The van der Waals surface area contributed by atoms with E-state index in [1.807, 2.05) is 6.92 Å². The third-order valence-electron chi connectivity index (χ3n) is 2.01. The van der Waals surface area contributed by atoms with E-state index in [0.29, 0.717) is 6.42 Å². The first-order valence-corrected chi connectivity index (χ1v) is 5.36. The van der Waals surface area contributed by atoms with Gasteiger partial charge in [0.15, 0.2) is 0 Å². The quantitative estimate of drug-likeness (QED) is 0.539. The molecule has 2 unspecified atom stereocenters. The Morgan fingerprint density at radius 3 is 2.92 bits per heavy atom. The van der Waals surface area contributed by atoms with Crippen LogP contribution in [0.3, 0.4) is 0 Å². The molecule has 0 aliphatic carbocycles. The molecule has 0 spiro atoms. The highest BCUT2D eigenvalue weighted by Gasteiger charge is 2.42. The normalized spacial score (nSPS) is 40.5. The first-order chi connectivity index (χ1) is 6.20. The number of aliphatic hydroxyl groups excluding tert-OH is 1. The molecule has 1 heterocycles. The number of hydrogen-bond donors (Lipinski definition) is 1. The molecule has 0 aromatic heterocycles. The van der Waals surface area contributed by atoms with E-state index < -0.39 is 18.3 Å². The monoisotopic (exact) mass is 206 g/mol. The average Bonchev–Trinajstić information content (AvgIpc) is 2.40. The van der Waals surface area contributed by atoms with Gasteiger partial charge in [-0.25, -0.2) is 4.39 Å². The van der Waals surface area contributed by atoms with E-state index >= 15 is 0 Å². The van der Waals surface area contributed by atoms with Gasteiger partial charge in [-0.05, 0) is 6.42 Å². The molecule has 1 fully saturated rings. The lowest BCUT2D eigenvalue weighted by Crippen LogP contribution is -2.30. The van der Waals surface area contributed by atoms with Crippen LogP contribution in [0.15, 0.2) is 0 Å². The Morgan fingerprint density at radius 2 is 2.38 bits per heavy atom. The Balaban J connectivity index is 2.47. The SMILES string of the molecule is [B][C@@H]1O[C@H](CC)C(OPCO)[C@@H]1F.